The zero-order valence-electron chi connectivity index (χ0n) is 6.85. The molecule has 1 aromatic rings. The van der Waals surface area contributed by atoms with Gasteiger partial charge in [0.05, 0.1) is 12.5 Å². The Morgan fingerprint density at radius 1 is 1.46 bits per heavy atom. The van der Waals surface area contributed by atoms with Gasteiger partial charge in [-0.25, -0.2) is 0 Å². The van der Waals surface area contributed by atoms with Crippen LogP contribution in [-0.4, -0.2) is 6.79 Å². The van der Waals surface area contributed by atoms with Gasteiger partial charge in [-0.3, -0.25) is 0 Å². The monoisotopic (exact) mass is 262 g/mol. The Kier molecular flexibility index (Phi) is 2.77. The van der Waals surface area contributed by atoms with Gasteiger partial charge in [0.15, 0.2) is 6.79 Å². The van der Waals surface area contributed by atoms with Crippen LogP contribution in [0.4, 0.5) is 0 Å². The van der Waals surface area contributed by atoms with Crippen molar-refractivity contribution in [1.82, 2.24) is 0 Å². The second kappa shape index (κ2) is 3.86. The van der Waals surface area contributed by atoms with Gasteiger partial charge in [-0.1, -0.05) is 15.9 Å². The maximum atomic E-state index is 5.79. The summed E-state index contributed by atoms with van der Waals surface area (Å²) in [5.41, 5.74) is 2.06. The Bertz CT molecular complexity index is 310. The number of hydrogen-bond acceptors (Lipinski definition) is 2. The highest BCUT2D eigenvalue weighted by Crippen LogP contribution is 2.32. The fraction of sp³-hybridized carbons (Fsp3) is 0.333. The number of halogens is 2. The van der Waals surface area contributed by atoms with Crippen LogP contribution in [0.3, 0.4) is 0 Å². The normalized spacial score (nSPS) is 14.9. The quantitative estimate of drug-likeness (QED) is 0.725. The number of rotatable bonds is 1. The molecule has 0 bridgehead atoms. The highest BCUT2D eigenvalue weighted by atomic mass is 79.9. The second-order valence-corrected chi connectivity index (χ2v) is 3.98. The summed E-state index contributed by atoms with van der Waals surface area (Å²) in [7, 11) is 0. The molecule has 0 unspecified atom stereocenters. The van der Waals surface area contributed by atoms with Gasteiger partial charge in [0.2, 0.25) is 0 Å². The number of benzene rings is 1. The number of ether oxygens (including phenoxy) is 2. The summed E-state index contributed by atoms with van der Waals surface area (Å²) in [5.74, 6) is 1.34. The lowest BCUT2D eigenvalue weighted by molar-refractivity contribution is -0.0169. The van der Waals surface area contributed by atoms with Crippen molar-refractivity contribution in [3.05, 3.63) is 27.7 Å². The highest BCUT2D eigenvalue weighted by molar-refractivity contribution is 9.10. The van der Waals surface area contributed by atoms with Crippen molar-refractivity contribution >= 4 is 27.5 Å². The molecule has 1 aliphatic heterocycles. The standard InChI is InChI=1S/C9H8BrClO2/c10-8-1-6(3-11)9-7(2-8)4-12-5-13-9/h1-2H,3-5H2. The lowest BCUT2D eigenvalue weighted by Crippen LogP contribution is -2.12. The first kappa shape index (κ1) is 9.31. The van der Waals surface area contributed by atoms with Gasteiger partial charge < -0.3 is 9.47 Å². The lowest BCUT2D eigenvalue weighted by atomic mass is 10.1. The van der Waals surface area contributed by atoms with Gasteiger partial charge in [0, 0.05) is 15.6 Å². The van der Waals surface area contributed by atoms with E-state index in [2.05, 4.69) is 15.9 Å². The molecule has 1 aliphatic rings. The molecular formula is C9H8BrClO2. The molecule has 0 spiro atoms. The SMILES string of the molecule is ClCc1cc(Br)cc2c1OCOC2. The molecule has 0 fully saturated rings. The van der Waals surface area contributed by atoms with Gasteiger partial charge in [-0.2, -0.15) is 0 Å². The van der Waals surface area contributed by atoms with Gasteiger partial charge in [-0.05, 0) is 12.1 Å². The summed E-state index contributed by atoms with van der Waals surface area (Å²) in [6.45, 7) is 0.914. The van der Waals surface area contributed by atoms with Crippen LogP contribution >= 0.6 is 27.5 Å². The average molecular weight is 264 g/mol. The zero-order valence-corrected chi connectivity index (χ0v) is 9.19. The molecule has 0 aliphatic carbocycles. The molecule has 0 saturated heterocycles. The Morgan fingerprint density at radius 2 is 2.31 bits per heavy atom. The first-order valence-corrected chi connectivity index (χ1v) is 5.22. The Balaban J connectivity index is 2.50. The van der Waals surface area contributed by atoms with E-state index in [0.717, 1.165) is 21.3 Å². The minimum atomic E-state index is 0.318. The van der Waals surface area contributed by atoms with E-state index in [1.807, 2.05) is 12.1 Å². The van der Waals surface area contributed by atoms with Gasteiger partial charge >= 0.3 is 0 Å². The van der Waals surface area contributed by atoms with E-state index in [-0.39, 0.29) is 0 Å². The molecule has 0 amide bonds. The number of hydrogen-bond donors (Lipinski definition) is 0. The van der Waals surface area contributed by atoms with Gasteiger partial charge in [-0.15, -0.1) is 11.6 Å². The molecule has 2 rings (SSSR count). The van der Waals surface area contributed by atoms with Crippen LogP contribution in [0.25, 0.3) is 0 Å². The third-order valence-electron chi connectivity index (χ3n) is 1.90. The van der Waals surface area contributed by atoms with Crippen molar-refractivity contribution in [3.8, 4) is 5.75 Å². The largest absolute Gasteiger partial charge is 0.467 e. The molecule has 1 aromatic carbocycles. The minimum absolute atomic E-state index is 0.318. The molecular weight excluding hydrogens is 255 g/mol. The first-order valence-electron chi connectivity index (χ1n) is 3.89. The lowest BCUT2D eigenvalue weighted by Gasteiger charge is -2.20. The van der Waals surface area contributed by atoms with E-state index in [9.17, 15) is 0 Å². The number of alkyl halides is 1. The van der Waals surface area contributed by atoms with E-state index >= 15 is 0 Å². The van der Waals surface area contributed by atoms with E-state index in [4.69, 9.17) is 21.1 Å². The van der Waals surface area contributed by atoms with Crippen LogP contribution < -0.4 is 4.74 Å². The second-order valence-electron chi connectivity index (χ2n) is 2.80. The molecule has 0 saturated carbocycles. The molecule has 1 heterocycles. The maximum absolute atomic E-state index is 5.79. The topological polar surface area (TPSA) is 18.5 Å². The van der Waals surface area contributed by atoms with Gasteiger partial charge in [0.25, 0.3) is 0 Å². The van der Waals surface area contributed by atoms with Crippen LogP contribution in [0.1, 0.15) is 11.1 Å². The van der Waals surface area contributed by atoms with Crippen LogP contribution in [0.5, 0.6) is 5.75 Å². The molecule has 0 atom stereocenters. The van der Waals surface area contributed by atoms with Crippen LogP contribution in [0.15, 0.2) is 16.6 Å². The average Bonchev–Trinajstić information content (AvgIpc) is 2.16. The Hall–Kier alpha value is -0.250. The summed E-state index contributed by atoms with van der Waals surface area (Å²) < 4.78 is 11.5. The van der Waals surface area contributed by atoms with Crippen molar-refractivity contribution in [3.63, 3.8) is 0 Å². The van der Waals surface area contributed by atoms with Crippen LogP contribution in [-0.2, 0) is 17.2 Å². The Labute approximate surface area is 89.9 Å². The highest BCUT2D eigenvalue weighted by Gasteiger charge is 2.15. The van der Waals surface area contributed by atoms with Crippen molar-refractivity contribution in [1.29, 1.82) is 0 Å². The molecule has 0 aromatic heterocycles. The summed E-state index contributed by atoms with van der Waals surface area (Å²) in [6.07, 6.45) is 0. The van der Waals surface area contributed by atoms with Crippen LogP contribution in [0.2, 0.25) is 0 Å². The fourth-order valence-corrected chi connectivity index (χ4v) is 2.11. The summed E-state index contributed by atoms with van der Waals surface area (Å²) >= 11 is 9.21. The molecule has 13 heavy (non-hydrogen) atoms. The number of fused-ring (bicyclic) bond motifs is 1. The predicted octanol–water partition coefficient (Wildman–Crippen LogP) is 3.05. The Morgan fingerprint density at radius 3 is 3.08 bits per heavy atom. The molecule has 4 heteroatoms. The minimum Gasteiger partial charge on any atom is -0.467 e. The van der Waals surface area contributed by atoms with E-state index in [1.165, 1.54) is 0 Å². The maximum Gasteiger partial charge on any atom is 0.189 e. The molecule has 0 N–H and O–H groups in total. The van der Waals surface area contributed by atoms with Crippen molar-refractivity contribution in [2.24, 2.45) is 0 Å². The van der Waals surface area contributed by atoms with E-state index < -0.39 is 0 Å². The van der Waals surface area contributed by atoms with Crippen molar-refractivity contribution in [2.75, 3.05) is 6.79 Å². The predicted molar refractivity (Wildman–Crippen MR) is 54.0 cm³/mol. The van der Waals surface area contributed by atoms with E-state index in [1.54, 1.807) is 0 Å². The first-order chi connectivity index (χ1) is 6.31. The van der Waals surface area contributed by atoms with E-state index in [0.29, 0.717) is 19.3 Å². The summed E-state index contributed by atoms with van der Waals surface area (Å²) in [6, 6.07) is 3.96. The fourth-order valence-electron chi connectivity index (χ4n) is 1.36. The smallest absolute Gasteiger partial charge is 0.189 e. The van der Waals surface area contributed by atoms with Crippen molar-refractivity contribution in [2.45, 2.75) is 12.5 Å². The van der Waals surface area contributed by atoms with Gasteiger partial charge in [0.1, 0.15) is 5.75 Å². The third-order valence-corrected chi connectivity index (χ3v) is 2.64. The zero-order chi connectivity index (χ0) is 9.26. The summed E-state index contributed by atoms with van der Waals surface area (Å²) in [4.78, 5) is 0. The summed E-state index contributed by atoms with van der Waals surface area (Å²) in [5, 5.41) is 0. The third kappa shape index (κ3) is 1.82. The van der Waals surface area contributed by atoms with Crippen molar-refractivity contribution < 1.29 is 9.47 Å². The molecule has 0 radical (unpaired) electrons. The molecule has 2 nitrogen and oxygen atoms in total. The van der Waals surface area contributed by atoms with Crippen LogP contribution in [0, 0.1) is 0 Å². The molecule has 70 valence electrons.